The summed E-state index contributed by atoms with van der Waals surface area (Å²) in [7, 11) is 1.88. The Morgan fingerprint density at radius 3 is 2.76 bits per heavy atom. The lowest BCUT2D eigenvalue weighted by Crippen LogP contribution is -1.91. The highest BCUT2D eigenvalue weighted by molar-refractivity contribution is 9.10. The van der Waals surface area contributed by atoms with Crippen LogP contribution in [-0.2, 0) is 7.05 Å². The van der Waals surface area contributed by atoms with Crippen LogP contribution in [0, 0.1) is 18.3 Å². The summed E-state index contributed by atoms with van der Waals surface area (Å²) in [4.78, 5) is 0. The van der Waals surface area contributed by atoms with Crippen LogP contribution >= 0.6 is 15.9 Å². The maximum Gasteiger partial charge on any atom is 0.100 e. The summed E-state index contributed by atoms with van der Waals surface area (Å²) in [5.74, 6) is 0. The number of hydrogen-bond donors (Lipinski definition) is 1. The number of anilines is 2. The first-order chi connectivity index (χ1) is 8.10. The van der Waals surface area contributed by atoms with Gasteiger partial charge in [-0.2, -0.15) is 10.4 Å². The Labute approximate surface area is 108 Å². The van der Waals surface area contributed by atoms with E-state index in [0.717, 1.165) is 21.5 Å². The number of nitrogens with one attached hydrogen (secondary N) is 1. The molecule has 0 amide bonds. The van der Waals surface area contributed by atoms with Crippen molar-refractivity contribution in [2.45, 2.75) is 6.92 Å². The zero-order chi connectivity index (χ0) is 12.4. The van der Waals surface area contributed by atoms with Crippen molar-refractivity contribution in [2.24, 2.45) is 7.05 Å². The summed E-state index contributed by atoms with van der Waals surface area (Å²) < 4.78 is 2.54. The van der Waals surface area contributed by atoms with Crippen LogP contribution in [0.1, 0.15) is 11.3 Å². The maximum absolute atomic E-state index is 8.83. The zero-order valence-corrected chi connectivity index (χ0v) is 11.1. The normalized spacial score (nSPS) is 10.0. The number of nitrogens with zero attached hydrogens (tertiary/aromatic N) is 3. The molecule has 0 unspecified atom stereocenters. The van der Waals surface area contributed by atoms with E-state index in [1.807, 2.05) is 32.3 Å². The van der Waals surface area contributed by atoms with Crippen LogP contribution in [0.2, 0.25) is 0 Å². The summed E-state index contributed by atoms with van der Waals surface area (Å²) >= 11 is 3.36. The molecule has 0 aliphatic rings. The van der Waals surface area contributed by atoms with Crippen molar-refractivity contribution in [1.82, 2.24) is 9.78 Å². The highest BCUT2D eigenvalue weighted by Crippen LogP contribution is 2.24. The van der Waals surface area contributed by atoms with E-state index in [1.165, 1.54) is 0 Å². The molecule has 0 radical (unpaired) electrons. The van der Waals surface area contributed by atoms with E-state index >= 15 is 0 Å². The van der Waals surface area contributed by atoms with Gasteiger partial charge in [-0.1, -0.05) is 0 Å². The smallest absolute Gasteiger partial charge is 0.100 e. The van der Waals surface area contributed by atoms with Crippen molar-refractivity contribution in [1.29, 1.82) is 5.26 Å². The van der Waals surface area contributed by atoms with Gasteiger partial charge >= 0.3 is 0 Å². The van der Waals surface area contributed by atoms with Crippen LogP contribution in [0.4, 0.5) is 11.4 Å². The average molecular weight is 291 g/mol. The number of halogens is 1. The Balaban J connectivity index is 2.28. The van der Waals surface area contributed by atoms with Gasteiger partial charge in [-0.25, -0.2) is 0 Å². The van der Waals surface area contributed by atoms with Crippen LogP contribution < -0.4 is 5.32 Å². The van der Waals surface area contributed by atoms with Gasteiger partial charge in [0.05, 0.1) is 16.9 Å². The van der Waals surface area contributed by atoms with Gasteiger partial charge in [-0.15, -0.1) is 0 Å². The largest absolute Gasteiger partial charge is 0.353 e. The molecule has 0 bridgehead atoms. The molecule has 0 atom stereocenters. The molecule has 1 N–H and O–H groups in total. The summed E-state index contributed by atoms with van der Waals surface area (Å²) in [5, 5.41) is 16.3. The van der Waals surface area contributed by atoms with Gasteiger partial charge in [-0.3, -0.25) is 4.68 Å². The first kappa shape index (κ1) is 11.7. The number of benzene rings is 1. The number of aryl methyl sites for hydroxylation is 2. The monoisotopic (exact) mass is 290 g/mol. The van der Waals surface area contributed by atoms with E-state index in [2.05, 4.69) is 32.4 Å². The number of nitriles is 1. The number of rotatable bonds is 2. The quantitative estimate of drug-likeness (QED) is 0.925. The van der Waals surface area contributed by atoms with Gasteiger partial charge in [0.25, 0.3) is 0 Å². The molecular weight excluding hydrogens is 280 g/mol. The summed E-state index contributed by atoms with van der Waals surface area (Å²) in [6.07, 6.45) is 1.92. The molecule has 0 aliphatic heterocycles. The first-order valence-electron chi connectivity index (χ1n) is 5.07. The predicted octanol–water partition coefficient (Wildman–Crippen LogP) is 3.11. The molecule has 1 aromatic heterocycles. The van der Waals surface area contributed by atoms with E-state index in [-0.39, 0.29) is 0 Å². The molecule has 0 spiro atoms. The summed E-state index contributed by atoms with van der Waals surface area (Å²) in [6.45, 7) is 1.95. The molecule has 1 aromatic carbocycles. The lowest BCUT2D eigenvalue weighted by molar-refractivity contribution is 0.756. The van der Waals surface area contributed by atoms with Crippen molar-refractivity contribution in [3.8, 4) is 6.07 Å². The van der Waals surface area contributed by atoms with Crippen LogP contribution in [0.3, 0.4) is 0 Å². The van der Waals surface area contributed by atoms with Crippen molar-refractivity contribution >= 4 is 27.3 Å². The molecule has 4 nitrogen and oxygen atoms in total. The third-order valence-electron chi connectivity index (χ3n) is 2.38. The molecule has 2 aromatic rings. The van der Waals surface area contributed by atoms with Crippen molar-refractivity contribution in [3.05, 3.63) is 40.1 Å². The SMILES string of the molecule is Cc1nn(C)cc1Nc1ccc(C#N)c(Br)c1. The van der Waals surface area contributed by atoms with Crippen LogP contribution in [-0.4, -0.2) is 9.78 Å². The molecule has 1 heterocycles. The predicted molar refractivity (Wildman–Crippen MR) is 70.1 cm³/mol. The highest BCUT2D eigenvalue weighted by atomic mass is 79.9. The number of aromatic nitrogens is 2. The Morgan fingerprint density at radius 2 is 2.24 bits per heavy atom. The molecule has 0 aliphatic carbocycles. The highest BCUT2D eigenvalue weighted by Gasteiger charge is 2.05. The fourth-order valence-electron chi connectivity index (χ4n) is 1.56. The standard InChI is InChI=1S/C12H11BrN4/c1-8-12(7-17(2)16-8)15-10-4-3-9(6-14)11(13)5-10/h3-5,7,15H,1-2H3. The minimum Gasteiger partial charge on any atom is -0.353 e. The van der Waals surface area contributed by atoms with E-state index in [1.54, 1.807) is 10.7 Å². The van der Waals surface area contributed by atoms with Crippen LogP contribution in [0.25, 0.3) is 0 Å². The van der Waals surface area contributed by atoms with Gasteiger partial charge in [0.2, 0.25) is 0 Å². The van der Waals surface area contributed by atoms with E-state index in [9.17, 15) is 0 Å². The van der Waals surface area contributed by atoms with Gasteiger partial charge in [0, 0.05) is 23.4 Å². The molecule has 0 saturated heterocycles. The fourth-order valence-corrected chi connectivity index (χ4v) is 2.03. The van der Waals surface area contributed by atoms with Gasteiger partial charge in [0.15, 0.2) is 0 Å². The lowest BCUT2D eigenvalue weighted by Gasteiger charge is -2.05. The van der Waals surface area contributed by atoms with E-state index in [4.69, 9.17) is 5.26 Å². The zero-order valence-electron chi connectivity index (χ0n) is 9.53. The Bertz CT molecular complexity index is 595. The first-order valence-corrected chi connectivity index (χ1v) is 5.86. The van der Waals surface area contributed by atoms with Crippen molar-refractivity contribution in [3.63, 3.8) is 0 Å². The molecule has 0 fully saturated rings. The Kier molecular flexibility index (Phi) is 3.16. The lowest BCUT2D eigenvalue weighted by atomic mass is 10.2. The molecule has 2 rings (SSSR count). The Morgan fingerprint density at radius 1 is 1.47 bits per heavy atom. The van der Waals surface area contributed by atoms with E-state index in [0.29, 0.717) is 5.56 Å². The summed E-state index contributed by atoms with van der Waals surface area (Å²) in [6, 6.07) is 7.64. The van der Waals surface area contributed by atoms with Crippen LogP contribution in [0.15, 0.2) is 28.9 Å². The van der Waals surface area contributed by atoms with E-state index < -0.39 is 0 Å². The molecule has 86 valence electrons. The second-order valence-electron chi connectivity index (χ2n) is 3.73. The topological polar surface area (TPSA) is 53.6 Å². The van der Waals surface area contributed by atoms with Crippen LogP contribution in [0.5, 0.6) is 0 Å². The Hall–Kier alpha value is -1.80. The van der Waals surface area contributed by atoms with Crippen molar-refractivity contribution < 1.29 is 0 Å². The fraction of sp³-hybridized carbons (Fsp3) is 0.167. The second-order valence-corrected chi connectivity index (χ2v) is 4.59. The average Bonchev–Trinajstić information content (AvgIpc) is 2.58. The van der Waals surface area contributed by atoms with Crippen molar-refractivity contribution in [2.75, 3.05) is 5.32 Å². The molecular formula is C12H11BrN4. The van der Waals surface area contributed by atoms with Gasteiger partial charge in [-0.05, 0) is 41.1 Å². The number of hydrogen-bond acceptors (Lipinski definition) is 3. The second kappa shape index (κ2) is 4.60. The third kappa shape index (κ3) is 2.48. The molecule has 0 saturated carbocycles. The maximum atomic E-state index is 8.83. The summed E-state index contributed by atoms with van der Waals surface area (Å²) in [5.41, 5.74) is 3.45. The minimum atomic E-state index is 0.624. The molecule has 5 heteroatoms. The minimum absolute atomic E-state index is 0.624. The molecule has 17 heavy (non-hydrogen) atoms. The van der Waals surface area contributed by atoms with Gasteiger partial charge in [0.1, 0.15) is 6.07 Å². The third-order valence-corrected chi connectivity index (χ3v) is 3.04. The van der Waals surface area contributed by atoms with Gasteiger partial charge < -0.3 is 5.32 Å².